The summed E-state index contributed by atoms with van der Waals surface area (Å²) in [6.45, 7) is 2.36. The Hall–Kier alpha value is -1.59. The molecule has 1 atom stereocenters. The zero-order valence-corrected chi connectivity index (χ0v) is 11.6. The Morgan fingerprint density at radius 2 is 2.11 bits per heavy atom. The molecule has 1 aromatic rings. The molecule has 0 aromatic heterocycles. The van der Waals surface area contributed by atoms with Crippen molar-refractivity contribution in [1.29, 1.82) is 0 Å². The molecule has 0 amide bonds. The lowest BCUT2D eigenvalue weighted by molar-refractivity contribution is 0.179. The summed E-state index contributed by atoms with van der Waals surface area (Å²) in [7, 11) is 3.72. The van der Waals surface area contributed by atoms with Crippen molar-refractivity contribution in [1.82, 2.24) is 4.90 Å². The van der Waals surface area contributed by atoms with Gasteiger partial charge in [-0.1, -0.05) is 35.5 Å². The molecule has 19 heavy (non-hydrogen) atoms. The van der Waals surface area contributed by atoms with Crippen LogP contribution < -0.4 is 5.73 Å². The Bertz CT molecular complexity index is 382. The second-order valence-corrected chi connectivity index (χ2v) is 4.60. The van der Waals surface area contributed by atoms with Crippen LogP contribution in [0.3, 0.4) is 0 Å². The van der Waals surface area contributed by atoms with Crippen molar-refractivity contribution in [3.05, 3.63) is 35.9 Å². The summed E-state index contributed by atoms with van der Waals surface area (Å²) in [4.78, 5) is 2.16. The molecule has 0 saturated heterocycles. The number of methoxy groups -OCH3 is 1. The SMILES string of the molecule is COCCCN(C)CC(C(N)=NO)c1ccccc1. The quantitative estimate of drug-likeness (QED) is 0.245. The summed E-state index contributed by atoms with van der Waals surface area (Å²) in [5, 5.41) is 12.1. The molecule has 1 aromatic carbocycles. The average molecular weight is 265 g/mol. The van der Waals surface area contributed by atoms with Gasteiger partial charge in [0.05, 0.1) is 5.92 Å². The molecule has 106 valence electrons. The Morgan fingerprint density at radius 1 is 1.42 bits per heavy atom. The maximum atomic E-state index is 8.92. The number of hydrogen-bond acceptors (Lipinski definition) is 4. The standard InChI is InChI=1S/C14H23N3O2/c1-17(9-6-10-19-2)11-13(14(15)16-18)12-7-4-3-5-8-12/h3-5,7-8,13,18H,6,9-11H2,1-2H3,(H2,15,16). The maximum Gasteiger partial charge on any atom is 0.147 e. The first kappa shape index (κ1) is 15.5. The van der Waals surface area contributed by atoms with Crippen LogP contribution in [-0.4, -0.2) is 49.8 Å². The summed E-state index contributed by atoms with van der Waals surface area (Å²) in [6.07, 6.45) is 0.963. The fourth-order valence-electron chi connectivity index (χ4n) is 2.01. The van der Waals surface area contributed by atoms with Crippen LogP contribution in [0.5, 0.6) is 0 Å². The van der Waals surface area contributed by atoms with Crippen LogP contribution in [0.4, 0.5) is 0 Å². The number of likely N-dealkylation sites (N-methyl/N-ethyl adjacent to an activating group) is 1. The smallest absolute Gasteiger partial charge is 0.147 e. The number of benzene rings is 1. The third kappa shape index (κ3) is 5.28. The van der Waals surface area contributed by atoms with E-state index in [1.165, 1.54) is 0 Å². The minimum atomic E-state index is -0.0984. The van der Waals surface area contributed by atoms with Crippen LogP contribution in [-0.2, 0) is 4.74 Å². The topological polar surface area (TPSA) is 71.1 Å². The fraction of sp³-hybridized carbons (Fsp3) is 0.500. The van der Waals surface area contributed by atoms with Crippen molar-refractivity contribution in [2.45, 2.75) is 12.3 Å². The summed E-state index contributed by atoms with van der Waals surface area (Å²) < 4.78 is 5.04. The van der Waals surface area contributed by atoms with Crippen LogP contribution in [0.1, 0.15) is 17.9 Å². The number of ether oxygens (including phenoxy) is 1. The normalized spacial score (nSPS) is 13.7. The fourth-order valence-corrected chi connectivity index (χ4v) is 2.01. The van der Waals surface area contributed by atoms with Crippen LogP contribution in [0.2, 0.25) is 0 Å². The molecular weight excluding hydrogens is 242 g/mol. The van der Waals surface area contributed by atoms with Crippen molar-refractivity contribution in [2.24, 2.45) is 10.9 Å². The van der Waals surface area contributed by atoms with E-state index in [2.05, 4.69) is 10.1 Å². The van der Waals surface area contributed by atoms with Gasteiger partial charge in [0.2, 0.25) is 0 Å². The van der Waals surface area contributed by atoms with Gasteiger partial charge in [-0.25, -0.2) is 0 Å². The van der Waals surface area contributed by atoms with E-state index in [4.69, 9.17) is 15.7 Å². The lowest BCUT2D eigenvalue weighted by Crippen LogP contribution is -2.33. The average Bonchev–Trinajstić information content (AvgIpc) is 2.45. The van der Waals surface area contributed by atoms with E-state index in [1.54, 1.807) is 7.11 Å². The summed E-state index contributed by atoms with van der Waals surface area (Å²) in [5.74, 6) is 0.142. The largest absolute Gasteiger partial charge is 0.409 e. The Morgan fingerprint density at radius 3 is 2.68 bits per heavy atom. The molecule has 0 bridgehead atoms. The van der Waals surface area contributed by atoms with Crippen LogP contribution >= 0.6 is 0 Å². The molecule has 0 fully saturated rings. The third-order valence-electron chi connectivity index (χ3n) is 3.06. The van der Waals surface area contributed by atoms with E-state index >= 15 is 0 Å². The van der Waals surface area contributed by atoms with Gasteiger partial charge in [-0.3, -0.25) is 0 Å². The lowest BCUT2D eigenvalue weighted by Gasteiger charge is -2.23. The van der Waals surface area contributed by atoms with Gasteiger partial charge >= 0.3 is 0 Å². The molecule has 3 N–H and O–H groups in total. The molecule has 0 saturated carbocycles. The van der Waals surface area contributed by atoms with Gasteiger partial charge in [0.15, 0.2) is 0 Å². The Kier molecular flexibility index (Phi) is 6.92. The number of nitrogens with zero attached hydrogens (tertiary/aromatic N) is 2. The highest BCUT2D eigenvalue weighted by Gasteiger charge is 2.18. The first-order chi connectivity index (χ1) is 9.19. The van der Waals surface area contributed by atoms with Crippen molar-refractivity contribution in [3.63, 3.8) is 0 Å². The van der Waals surface area contributed by atoms with Gasteiger partial charge in [0.25, 0.3) is 0 Å². The zero-order chi connectivity index (χ0) is 14.1. The number of oxime groups is 1. The van der Waals surface area contributed by atoms with Gasteiger partial charge in [0, 0.05) is 26.8 Å². The number of hydrogen-bond donors (Lipinski definition) is 2. The highest BCUT2D eigenvalue weighted by Crippen LogP contribution is 2.17. The van der Waals surface area contributed by atoms with Crippen molar-refractivity contribution < 1.29 is 9.94 Å². The van der Waals surface area contributed by atoms with Gasteiger partial charge in [0.1, 0.15) is 5.84 Å². The Labute approximate surface area is 114 Å². The molecule has 5 nitrogen and oxygen atoms in total. The molecule has 0 heterocycles. The second-order valence-electron chi connectivity index (χ2n) is 4.60. The molecule has 1 unspecified atom stereocenters. The predicted molar refractivity (Wildman–Crippen MR) is 76.6 cm³/mol. The highest BCUT2D eigenvalue weighted by atomic mass is 16.5. The van der Waals surface area contributed by atoms with E-state index in [1.807, 2.05) is 37.4 Å². The van der Waals surface area contributed by atoms with Crippen molar-refractivity contribution in [2.75, 3.05) is 33.9 Å². The van der Waals surface area contributed by atoms with E-state index in [0.717, 1.165) is 25.1 Å². The van der Waals surface area contributed by atoms with Gasteiger partial charge in [-0.05, 0) is 19.0 Å². The van der Waals surface area contributed by atoms with Crippen LogP contribution in [0.15, 0.2) is 35.5 Å². The van der Waals surface area contributed by atoms with Gasteiger partial charge in [-0.2, -0.15) is 0 Å². The molecule has 0 aliphatic rings. The minimum Gasteiger partial charge on any atom is -0.409 e. The number of rotatable bonds is 8. The number of nitrogens with two attached hydrogens (primary N) is 1. The monoisotopic (exact) mass is 265 g/mol. The summed E-state index contributed by atoms with van der Waals surface area (Å²) in [5.41, 5.74) is 6.85. The maximum absolute atomic E-state index is 8.92. The highest BCUT2D eigenvalue weighted by molar-refractivity contribution is 5.87. The minimum absolute atomic E-state index is 0.0984. The van der Waals surface area contributed by atoms with E-state index in [0.29, 0.717) is 6.54 Å². The van der Waals surface area contributed by atoms with Crippen LogP contribution in [0.25, 0.3) is 0 Å². The molecule has 5 heteroatoms. The molecule has 0 aliphatic carbocycles. The first-order valence-electron chi connectivity index (χ1n) is 6.39. The van der Waals surface area contributed by atoms with E-state index in [-0.39, 0.29) is 11.8 Å². The van der Waals surface area contributed by atoms with Gasteiger partial charge in [-0.15, -0.1) is 0 Å². The number of amidine groups is 1. The van der Waals surface area contributed by atoms with Crippen molar-refractivity contribution in [3.8, 4) is 0 Å². The molecule has 0 aliphatic heterocycles. The Balaban J connectivity index is 2.66. The summed E-state index contributed by atoms with van der Waals surface area (Å²) >= 11 is 0. The second kappa shape index (κ2) is 8.50. The summed E-state index contributed by atoms with van der Waals surface area (Å²) in [6, 6.07) is 9.85. The molecular formula is C14H23N3O2. The third-order valence-corrected chi connectivity index (χ3v) is 3.06. The zero-order valence-electron chi connectivity index (χ0n) is 11.6. The first-order valence-corrected chi connectivity index (χ1v) is 6.39. The predicted octanol–water partition coefficient (Wildman–Crippen LogP) is 1.48. The van der Waals surface area contributed by atoms with Crippen LogP contribution in [0, 0.1) is 0 Å². The van der Waals surface area contributed by atoms with E-state index in [9.17, 15) is 0 Å². The van der Waals surface area contributed by atoms with Crippen molar-refractivity contribution >= 4 is 5.84 Å². The molecule has 0 spiro atoms. The molecule has 1 rings (SSSR count). The van der Waals surface area contributed by atoms with Gasteiger partial charge < -0.3 is 20.6 Å². The lowest BCUT2D eigenvalue weighted by atomic mass is 9.97. The molecule has 0 radical (unpaired) electrons. The van der Waals surface area contributed by atoms with E-state index < -0.39 is 0 Å².